The fourth-order valence-corrected chi connectivity index (χ4v) is 3.57. The Morgan fingerprint density at radius 1 is 1.39 bits per heavy atom. The Hall–Kier alpha value is -2.78. The number of hydrogen-bond donors (Lipinski definition) is 2. The summed E-state index contributed by atoms with van der Waals surface area (Å²) in [7, 11) is 0. The quantitative estimate of drug-likeness (QED) is 0.631. The Bertz CT molecular complexity index is 993. The number of hydrogen-bond acceptors (Lipinski definition) is 6. The molecule has 0 amide bonds. The van der Waals surface area contributed by atoms with Crippen molar-refractivity contribution in [3.8, 4) is 11.4 Å². The number of aromatic nitrogens is 4. The molecule has 1 saturated heterocycles. The number of nitrogens with zero attached hydrogens (tertiary/aromatic N) is 5. The van der Waals surface area contributed by atoms with Crippen molar-refractivity contribution in [2.75, 3.05) is 25.0 Å². The number of nitrogens with one attached hydrogen (secondary N) is 1. The van der Waals surface area contributed by atoms with Crippen molar-refractivity contribution in [3.05, 3.63) is 41.4 Å². The number of piperidine rings is 1. The van der Waals surface area contributed by atoms with Gasteiger partial charge < -0.3 is 10.4 Å². The highest BCUT2D eigenvalue weighted by atomic mass is 35.5. The van der Waals surface area contributed by atoms with Crippen LogP contribution in [0.15, 0.2) is 30.5 Å². The first kappa shape index (κ1) is 18.6. The first-order valence-electron chi connectivity index (χ1n) is 8.88. The Labute approximate surface area is 165 Å². The van der Waals surface area contributed by atoms with E-state index in [1.807, 2.05) is 23.1 Å². The number of carboxylic acid groups (broad SMARTS) is 1. The van der Waals surface area contributed by atoms with Gasteiger partial charge in [-0.1, -0.05) is 17.7 Å². The fourth-order valence-electron chi connectivity index (χ4n) is 3.40. The third-order valence-electron chi connectivity index (χ3n) is 4.62. The molecule has 0 aliphatic carbocycles. The van der Waals surface area contributed by atoms with Crippen LogP contribution in [0.25, 0.3) is 16.9 Å². The standard InChI is InChI=1S/C18H18ClFN6O2/c19-17-15(20)16(13-8-12-5-1-2-7-26(12)24-13)22-18(23-17)21-11-4-3-6-25(9-11)10-14(27)28/h1-2,5,7-8,11H,3-4,6,9-10H2,(H,27,28)(H,21,22,23)/t11-/m1/s1. The molecule has 1 aliphatic heterocycles. The number of likely N-dealkylation sites (tertiary alicyclic amines) is 1. The molecule has 146 valence electrons. The van der Waals surface area contributed by atoms with Crippen molar-refractivity contribution in [2.45, 2.75) is 18.9 Å². The molecule has 4 heterocycles. The average molecular weight is 405 g/mol. The molecule has 4 rings (SSSR count). The van der Waals surface area contributed by atoms with E-state index in [0.29, 0.717) is 12.2 Å². The van der Waals surface area contributed by atoms with Gasteiger partial charge in [-0.25, -0.2) is 13.9 Å². The maximum Gasteiger partial charge on any atom is 0.317 e. The Morgan fingerprint density at radius 3 is 3.04 bits per heavy atom. The summed E-state index contributed by atoms with van der Waals surface area (Å²) in [6.07, 6.45) is 3.44. The minimum Gasteiger partial charge on any atom is -0.480 e. The van der Waals surface area contributed by atoms with E-state index < -0.39 is 11.8 Å². The SMILES string of the molecule is O=C(O)CN1CCC[C@@H](Nc2nc(Cl)c(F)c(-c3cc4ccccn4n3)n2)C1. The van der Waals surface area contributed by atoms with Crippen molar-refractivity contribution >= 4 is 29.0 Å². The monoisotopic (exact) mass is 404 g/mol. The van der Waals surface area contributed by atoms with E-state index in [9.17, 15) is 9.18 Å². The fraction of sp³-hybridized carbons (Fsp3) is 0.333. The van der Waals surface area contributed by atoms with E-state index >= 15 is 0 Å². The van der Waals surface area contributed by atoms with Gasteiger partial charge in [0.1, 0.15) is 11.4 Å². The zero-order chi connectivity index (χ0) is 19.7. The lowest BCUT2D eigenvalue weighted by Crippen LogP contribution is -2.44. The highest BCUT2D eigenvalue weighted by molar-refractivity contribution is 6.29. The lowest BCUT2D eigenvalue weighted by Gasteiger charge is -2.32. The topological polar surface area (TPSA) is 95.7 Å². The molecular weight excluding hydrogens is 387 g/mol. The number of carbonyl (C=O) groups is 1. The van der Waals surface area contributed by atoms with Crippen LogP contribution >= 0.6 is 11.6 Å². The number of rotatable bonds is 5. The van der Waals surface area contributed by atoms with Gasteiger partial charge in [-0.2, -0.15) is 10.1 Å². The lowest BCUT2D eigenvalue weighted by atomic mass is 10.1. The van der Waals surface area contributed by atoms with E-state index in [0.717, 1.165) is 24.9 Å². The van der Waals surface area contributed by atoms with E-state index in [1.54, 1.807) is 16.8 Å². The van der Waals surface area contributed by atoms with Crippen LogP contribution in [-0.4, -0.2) is 61.2 Å². The van der Waals surface area contributed by atoms with Crippen LogP contribution in [-0.2, 0) is 4.79 Å². The molecule has 0 spiro atoms. The highest BCUT2D eigenvalue weighted by Crippen LogP contribution is 2.27. The smallest absolute Gasteiger partial charge is 0.317 e. The number of anilines is 1. The van der Waals surface area contributed by atoms with Crippen molar-refractivity contribution < 1.29 is 14.3 Å². The predicted octanol–water partition coefficient (Wildman–Crippen LogP) is 2.54. The molecule has 3 aromatic heterocycles. The summed E-state index contributed by atoms with van der Waals surface area (Å²) in [6.45, 7) is 1.24. The van der Waals surface area contributed by atoms with Crippen molar-refractivity contribution in [2.24, 2.45) is 0 Å². The first-order valence-corrected chi connectivity index (χ1v) is 9.26. The molecule has 1 aliphatic rings. The van der Waals surface area contributed by atoms with E-state index in [-0.39, 0.29) is 29.4 Å². The Kier molecular flexibility index (Phi) is 5.10. The molecule has 0 aromatic carbocycles. The number of carboxylic acids is 1. The summed E-state index contributed by atoms with van der Waals surface area (Å²) in [4.78, 5) is 21.1. The molecule has 3 aromatic rings. The third-order valence-corrected chi connectivity index (χ3v) is 4.87. The third kappa shape index (κ3) is 3.90. The second kappa shape index (κ2) is 7.69. The van der Waals surface area contributed by atoms with Gasteiger partial charge in [-0.05, 0) is 37.6 Å². The summed E-state index contributed by atoms with van der Waals surface area (Å²) in [5, 5.41) is 16.2. The van der Waals surface area contributed by atoms with Crippen molar-refractivity contribution in [1.29, 1.82) is 0 Å². The molecule has 0 unspecified atom stereocenters. The lowest BCUT2D eigenvalue weighted by molar-refractivity contribution is -0.138. The van der Waals surface area contributed by atoms with Gasteiger partial charge in [0.25, 0.3) is 0 Å². The maximum absolute atomic E-state index is 14.6. The minimum atomic E-state index is -0.865. The second-order valence-electron chi connectivity index (χ2n) is 6.71. The molecule has 0 saturated carbocycles. The van der Waals surface area contributed by atoms with Gasteiger partial charge >= 0.3 is 5.97 Å². The second-order valence-corrected chi connectivity index (χ2v) is 7.07. The van der Waals surface area contributed by atoms with Crippen molar-refractivity contribution in [1.82, 2.24) is 24.5 Å². The van der Waals surface area contributed by atoms with Crippen LogP contribution in [0.3, 0.4) is 0 Å². The number of aliphatic carboxylic acids is 1. The highest BCUT2D eigenvalue weighted by Gasteiger charge is 2.24. The number of pyridine rings is 1. The first-order chi connectivity index (χ1) is 13.5. The van der Waals surface area contributed by atoms with Gasteiger partial charge in [-0.3, -0.25) is 9.69 Å². The van der Waals surface area contributed by atoms with Gasteiger partial charge in [0.05, 0.1) is 12.1 Å². The zero-order valence-corrected chi connectivity index (χ0v) is 15.6. The van der Waals surface area contributed by atoms with Crippen LogP contribution in [0.5, 0.6) is 0 Å². The molecule has 10 heteroatoms. The van der Waals surface area contributed by atoms with Crippen LogP contribution in [0.4, 0.5) is 10.3 Å². The van der Waals surface area contributed by atoms with Gasteiger partial charge in [-0.15, -0.1) is 0 Å². The summed E-state index contributed by atoms with van der Waals surface area (Å²) in [6, 6.07) is 7.22. The maximum atomic E-state index is 14.6. The Morgan fingerprint density at radius 2 is 2.25 bits per heavy atom. The average Bonchev–Trinajstić information content (AvgIpc) is 3.08. The largest absolute Gasteiger partial charge is 0.480 e. The Balaban J connectivity index is 1.59. The molecule has 0 bridgehead atoms. The number of fused-ring (bicyclic) bond motifs is 1. The molecule has 8 nitrogen and oxygen atoms in total. The molecular formula is C18H18ClFN6O2. The van der Waals surface area contributed by atoms with Crippen molar-refractivity contribution in [3.63, 3.8) is 0 Å². The summed E-state index contributed by atoms with van der Waals surface area (Å²) in [5.41, 5.74) is 1.18. The molecule has 28 heavy (non-hydrogen) atoms. The summed E-state index contributed by atoms with van der Waals surface area (Å²) in [5.74, 6) is -1.40. The van der Waals surface area contributed by atoms with E-state index in [1.165, 1.54) is 0 Å². The van der Waals surface area contributed by atoms with E-state index in [2.05, 4.69) is 20.4 Å². The minimum absolute atomic E-state index is 0.0180. The van der Waals surface area contributed by atoms with E-state index in [4.69, 9.17) is 16.7 Å². The van der Waals surface area contributed by atoms with Crippen LogP contribution in [0.2, 0.25) is 5.15 Å². The van der Waals surface area contributed by atoms with Crippen LogP contribution in [0, 0.1) is 5.82 Å². The summed E-state index contributed by atoms with van der Waals surface area (Å²) >= 11 is 5.99. The molecule has 2 N–H and O–H groups in total. The predicted molar refractivity (Wildman–Crippen MR) is 102 cm³/mol. The zero-order valence-electron chi connectivity index (χ0n) is 14.8. The van der Waals surface area contributed by atoms with Crippen LogP contribution in [0.1, 0.15) is 12.8 Å². The molecule has 1 atom stereocenters. The van der Waals surface area contributed by atoms with Gasteiger partial charge in [0.2, 0.25) is 5.95 Å². The van der Waals surface area contributed by atoms with Gasteiger partial charge in [0.15, 0.2) is 11.0 Å². The normalized spacial score (nSPS) is 17.7. The number of halogens is 2. The van der Waals surface area contributed by atoms with Gasteiger partial charge in [0, 0.05) is 18.8 Å². The molecule has 0 radical (unpaired) electrons. The molecule has 1 fully saturated rings. The van der Waals surface area contributed by atoms with Crippen LogP contribution < -0.4 is 5.32 Å². The summed E-state index contributed by atoms with van der Waals surface area (Å²) < 4.78 is 16.2.